The molecule has 0 fully saturated rings. The summed E-state index contributed by atoms with van der Waals surface area (Å²) in [4.78, 5) is 25.0. The second kappa shape index (κ2) is 7.39. The van der Waals surface area contributed by atoms with Crippen molar-refractivity contribution in [3.05, 3.63) is 81.8 Å². The van der Waals surface area contributed by atoms with Gasteiger partial charge in [-0.2, -0.15) is 0 Å². The molecular weight excluding hydrogens is 373 g/mol. The first-order chi connectivity index (χ1) is 13.9. The molecule has 0 unspecified atom stereocenters. The van der Waals surface area contributed by atoms with Crippen molar-refractivity contribution in [2.75, 3.05) is 11.9 Å². The zero-order valence-electron chi connectivity index (χ0n) is 15.9. The summed E-state index contributed by atoms with van der Waals surface area (Å²) in [6.45, 7) is 3.47. The third-order valence-corrected chi connectivity index (χ3v) is 4.58. The van der Waals surface area contributed by atoms with E-state index in [0.717, 1.165) is 11.1 Å². The quantitative estimate of drug-likeness (QED) is 0.511. The summed E-state index contributed by atoms with van der Waals surface area (Å²) in [6, 6.07) is 14.4. The van der Waals surface area contributed by atoms with Crippen LogP contribution in [0.2, 0.25) is 0 Å². The number of benzene rings is 3. The van der Waals surface area contributed by atoms with Crippen molar-refractivity contribution >= 4 is 33.5 Å². The van der Waals surface area contributed by atoms with Crippen LogP contribution in [0.4, 0.5) is 10.1 Å². The van der Waals surface area contributed by atoms with Gasteiger partial charge in [0.15, 0.2) is 18.2 Å². The fourth-order valence-corrected chi connectivity index (χ4v) is 3.29. The largest absolute Gasteiger partial charge is 0.481 e. The van der Waals surface area contributed by atoms with E-state index in [1.54, 1.807) is 24.3 Å². The number of para-hydroxylation sites is 1. The summed E-state index contributed by atoms with van der Waals surface area (Å²) in [5, 5.41) is 3.63. The van der Waals surface area contributed by atoms with Crippen molar-refractivity contribution in [3.8, 4) is 5.75 Å². The van der Waals surface area contributed by atoms with Gasteiger partial charge in [-0.25, -0.2) is 4.39 Å². The summed E-state index contributed by atoms with van der Waals surface area (Å²) in [5.41, 5.74) is 3.09. The van der Waals surface area contributed by atoms with E-state index in [2.05, 4.69) is 5.32 Å². The van der Waals surface area contributed by atoms with Crippen LogP contribution in [0.1, 0.15) is 11.1 Å². The molecule has 4 aromatic rings. The average molecular weight is 391 g/mol. The standard InChI is InChI=1S/C23H18FNO4/c1-13-9-14(2)23-17(10-13)22(27)16-8-7-15(11-20(16)29-23)25-21(26)12-28-19-6-4-3-5-18(19)24/h3-11H,12H2,1-2H3,(H,25,26). The van der Waals surface area contributed by atoms with Gasteiger partial charge in [0.25, 0.3) is 5.91 Å². The number of anilines is 1. The van der Waals surface area contributed by atoms with Crippen LogP contribution in [0, 0.1) is 19.7 Å². The lowest BCUT2D eigenvalue weighted by molar-refractivity contribution is -0.118. The lowest BCUT2D eigenvalue weighted by Crippen LogP contribution is -2.20. The van der Waals surface area contributed by atoms with E-state index in [1.807, 2.05) is 26.0 Å². The van der Waals surface area contributed by atoms with Crippen LogP contribution >= 0.6 is 0 Å². The van der Waals surface area contributed by atoms with Gasteiger partial charge in [-0.05, 0) is 55.3 Å². The van der Waals surface area contributed by atoms with Gasteiger partial charge in [0.2, 0.25) is 5.43 Å². The number of carbonyl (C=O) groups is 1. The highest BCUT2D eigenvalue weighted by Crippen LogP contribution is 2.25. The molecule has 29 heavy (non-hydrogen) atoms. The highest BCUT2D eigenvalue weighted by atomic mass is 19.1. The van der Waals surface area contributed by atoms with Crippen LogP contribution in [-0.4, -0.2) is 12.5 Å². The van der Waals surface area contributed by atoms with Gasteiger partial charge >= 0.3 is 0 Å². The first-order valence-corrected chi connectivity index (χ1v) is 9.07. The Morgan fingerprint density at radius 3 is 2.66 bits per heavy atom. The number of fused-ring (bicyclic) bond motifs is 2. The molecule has 0 radical (unpaired) electrons. The van der Waals surface area contributed by atoms with Gasteiger partial charge in [0, 0.05) is 11.8 Å². The lowest BCUT2D eigenvalue weighted by atomic mass is 10.1. The molecular formula is C23H18FNO4. The second-order valence-corrected chi connectivity index (χ2v) is 6.87. The number of carbonyl (C=O) groups excluding carboxylic acids is 1. The lowest BCUT2D eigenvalue weighted by Gasteiger charge is -2.09. The Morgan fingerprint density at radius 2 is 1.86 bits per heavy atom. The Morgan fingerprint density at radius 1 is 1.07 bits per heavy atom. The zero-order chi connectivity index (χ0) is 20.5. The monoisotopic (exact) mass is 391 g/mol. The Labute approximate surface area is 165 Å². The van der Waals surface area contributed by atoms with Crippen molar-refractivity contribution in [2.24, 2.45) is 0 Å². The molecule has 0 aliphatic carbocycles. The number of aryl methyl sites for hydroxylation is 2. The van der Waals surface area contributed by atoms with Crippen LogP contribution in [0.25, 0.3) is 21.9 Å². The normalized spacial score (nSPS) is 11.0. The first-order valence-electron chi connectivity index (χ1n) is 9.07. The smallest absolute Gasteiger partial charge is 0.262 e. The Kier molecular flexibility index (Phi) is 4.76. The Balaban J connectivity index is 1.60. The third kappa shape index (κ3) is 3.69. The van der Waals surface area contributed by atoms with E-state index in [0.29, 0.717) is 27.6 Å². The van der Waals surface area contributed by atoms with Gasteiger partial charge in [-0.1, -0.05) is 18.2 Å². The van der Waals surface area contributed by atoms with E-state index < -0.39 is 11.7 Å². The molecule has 6 heteroatoms. The van der Waals surface area contributed by atoms with Crippen LogP contribution in [0.3, 0.4) is 0 Å². The average Bonchev–Trinajstić information content (AvgIpc) is 2.68. The molecule has 5 nitrogen and oxygen atoms in total. The molecule has 1 aromatic heterocycles. The number of ether oxygens (including phenoxy) is 1. The maximum absolute atomic E-state index is 13.6. The molecule has 3 aromatic carbocycles. The maximum atomic E-state index is 13.6. The maximum Gasteiger partial charge on any atom is 0.262 e. The molecule has 0 aliphatic rings. The summed E-state index contributed by atoms with van der Waals surface area (Å²) in [6.07, 6.45) is 0. The molecule has 1 N–H and O–H groups in total. The van der Waals surface area contributed by atoms with E-state index in [9.17, 15) is 14.0 Å². The van der Waals surface area contributed by atoms with Crippen molar-refractivity contribution in [2.45, 2.75) is 13.8 Å². The van der Waals surface area contributed by atoms with E-state index in [4.69, 9.17) is 9.15 Å². The first kappa shape index (κ1) is 18.7. The van der Waals surface area contributed by atoms with E-state index in [-0.39, 0.29) is 17.8 Å². The van der Waals surface area contributed by atoms with Gasteiger partial charge in [-0.3, -0.25) is 9.59 Å². The predicted molar refractivity (Wildman–Crippen MR) is 110 cm³/mol. The minimum Gasteiger partial charge on any atom is -0.481 e. The van der Waals surface area contributed by atoms with Crippen molar-refractivity contribution in [1.82, 2.24) is 0 Å². The fourth-order valence-electron chi connectivity index (χ4n) is 3.29. The van der Waals surface area contributed by atoms with Crippen molar-refractivity contribution < 1.29 is 18.3 Å². The van der Waals surface area contributed by atoms with E-state index >= 15 is 0 Å². The summed E-state index contributed by atoms with van der Waals surface area (Å²) in [5.74, 6) is -0.989. The molecule has 0 bridgehead atoms. The van der Waals surface area contributed by atoms with Crippen LogP contribution in [-0.2, 0) is 4.79 Å². The highest BCUT2D eigenvalue weighted by molar-refractivity contribution is 5.96. The fraction of sp³-hybridized carbons (Fsp3) is 0.130. The Bertz CT molecular complexity index is 1310. The van der Waals surface area contributed by atoms with Gasteiger partial charge in [0.05, 0.1) is 10.8 Å². The molecule has 0 atom stereocenters. The predicted octanol–water partition coefficient (Wildman–Crippen LogP) is 4.72. The van der Waals surface area contributed by atoms with Gasteiger partial charge in [0.1, 0.15) is 11.2 Å². The molecule has 4 rings (SSSR count). The Hall–Kier alpha value is -3.67. The summed E-state index contributed by atoms with van der Waals surface area (Å²) < 4.78 is 24.7. The van der Waals surface area contributed by atoms with Gasteiger partial charge < -0.3 is 14.5 Å². The minimum absolute atomic E-state index is 0.00407. The van der Waals surface area contributed by atoms with Crippen molar-refractivity contribution in [3.63, 3.8) is 0 Å². The number of amides is 1. The number of nitrogens with one attached hydrogen (secondary N) is 1. The zero-order valence-corrected chi connectivity index (χ0v) is 15.9. The van der Waals surface area contributed by atoms with Crippen LogP contribution in [0.15, 0.2) is 63.8 Å². The van der Waals surface area contributed by atoms with E-state index in [1.165, 1.54) is 18.2 Å². The number of rotatable bonds is 4. The van der Waals surface area contributed by atoms with Crippen LogP contribution < -0.4 is 15.5 Å². The number of hydrogen-bond donors (Lipinski definition) is 1. The SMILES string of the molecule is Cc1cc(C)c2oc3cc(NC(=O)COc4ccccc4F)ccc3c(=O)c2c1. The highest BCUT2D eigenvalue weighted by Gasteiger charge is 2.12. The van der Waals surface area contributed by atoms with Crippen LogP contribution in [0.5, 0.6) is 5.75 Å². The molecule has 0 saturated carbocycles. The van der Waals surface area contributed by atoms with Gasteiger partial charge in [-0.15, -0.1) is 0 Å². The second-order valence-electron chi connectivity index (χ2n) is 6.87. The molecule has 0 aliphatic heterocycles. The summed E-state index contributed by atoms with van der Waals surface area (Å²) >= 11 is 0. The van der Waals surface area contributed by atoms with Crippen molar-refractivity contribution in [1.29, 1.82) is 0 Å². The molecule has 1 heterocycles. The topological polar surface area (TPSA) is 68.5 Å². The number of halogens is 1. The minimum atomic E-state index is -0.537. The summed E-state index contributed by atoms with van der Waals surface area (Å²) in [7, 11) is 0. The molecule has 146 valence electrons. The molecule has 0 spiro atoms. The molecule has 0 saturated heterocycles. The molecule has 1 amide bonds. The third-order valence-electron chi connectivity index (χ3n) is 4.58. The number of hydrogen-bond acceptors (Lipinski definition) is 4.